The molecule has 0 bridgehead atoms. The lowest BCUT2D eigenvalue weighted by Gasteiger charge is -2.12. The summed E-state index contributed by atoms with van der Waals surface area (Å²) in [5, 5.41) is 35.2. The van der Waals surface area contributed by atoms with Gasteiger partial charge in [-0.3, -0.25) is 0 Å². The molecule has 9 heteroatoms. The van der Waals surface area contributed by atoms with E-state index in [4.69, 9.17) is 20.1 Å². The van der Waals surface area contributed by atoms with Crippen LogP contribution in [0.3, 0.4) is 0 Å². The molecule has 1 aromatic carbocycles. The van der Waals surface area contributed by atoms with E-state index in [1.165, 1.54) is 0 Å². The Morgan fingerprint density at radius 1 is 1.00 bits per heavy atom. The first-order valence-corrected chi connectivity index (χ1v) is 4.18. The van der Waals surface area contributed by atoms with Crippen LogP contribution in [0, 0.1) is 11.6 Å². The maximum Gasteiger partial charge on any atom is 0.492 e. The first kappa shape index (κ1) is 12.9. The summed E-state index contributed by atoms with van der Waals surface area (Å²) in [4.78, 5) is 0. The van der Waals surface area contributed by atoms with Crippen LogP contribution in [0.2, 0.25) is 0 Å². The normalized spacial score (nSPS) is 10.2. The van der Waals surface area contributed by atoms with Crippen LogP contribution < -0.4 is 15.7 Å². The SMILES string of the molecule is COc1c(B(O)O)cc(B(O)O)c(F)c1F. The second-order valence-corrected chi connectivity index (χ2v) is 2.96. The molecule has 0 atom stereocenters. The quantitative estimate of drug-likeness (QED) is 0.426. The highest BCUT2D eigenvalue weighted by molar-refractivity contribution is 6.63. The van der Waals surface area contributed by atoms with Crippen molar-refractivity contribution in [3.63, 3.8) is 0 Å². The number of ether oxygens (including phenoxy) is 1. The number of hydrogen-bond donors (Lipinski definition) is 4. The Labute approximate surface area is 90.2 Å². The largest absolute Gasteiger partial charge is 0.494 e. The highest BCUT2D eigenvalue weighted by Gasteiger charge is 2.29. The van der Waals surface area contributed by atoms with E-state index in [9.17, 15) is 8.78 Å². The van der Waals surface area contributed by atoms with Crippen molar-refractivity contribution in [3.8, 4) is 5.75 Å². The third-order valence-corrected chi connectivity index (χ3v) is 1.98. The first-order valence-electron chi connectivity index (χ1n) is 4.18. The molecule has 0 saturated heterocycles. The zero-order chi connectivity index (χ0) is 12.5. The van der Waals surface area contributed by atoms with Gasteiger partial charge in [0.2, 0.25) is 0 Å². The Morgan fingerprint density at radius 2 is 1.50 bits per heavy atom. The molecule has 1 rings (SSSR count). The van der Waals surface area contributed by atoms with E-state index in [-0.39, 0.29) is 0 Å². The van der Waals surface area contributed by atoms with Crippen LogP contribution in [0.15, 0.2) is 6.07 Å². The van der Waals surface area contributed by atoms with Crippen molar-refractivity contribution in [1.82, 2.24) is 0 Å². The van der Waals surface area contributed by atoms with Gasteiger partial charge >= 0.3 is 14.2 Å². The Kier molecular flexibility index (Phi) is 3.87. The van der Waals surface area contributed by atoms with Crippen molar-refractivity contribution >= 4 is 25.2 Å². The maximum atomic E-state index is 13.3. The third-order valence-electron chi connectivity index (χ3n) is 1.98. The van der Waals surface area contributed by atoms with Crippen LogP contribution in [0.5, 0.6) is 5.75 Å². The molecule has 0 radical (unpaired) electrons. The van der Waals surface area contributed by atoms with Gasteiger partial charge in [0.15, 0.2) is 17.4 Å². The molecule has 0 unspecified atom stereocenters. The summed E-state index contributed by atoms with van der Waals surface area (Å²) in [7, 11) is -3.38. The van der Waals surface area contributed by atoms with Crippen LogP contribution in [0.4, 0.5) is 8.78 Å². The summed E-state index contributed by atoms with van der Waals surface area (Å²) in [6, 6.07) is 0.701. The smallest absolute Gasteiger partial charge is 0.492 e. The predicted molar refractivity (Wildman–Crippen MR) is 52.6 cm³/mol. The zero-order valence-electron chi connectivity index (χ0n) is 8.19. The van der Waals surface area contributed by atoms with Gasteiger partial charge < -0.3 is 24.8 Å². The lowest BCUT2D eigenvalue weighted by molar-refractivity contribution is 0.368. The van der Waals surface area contributed by atoms with Gasteiger partial charge in [0, 0.05) is 10.9 Å². The van der Waals surface area contributed by atoms with Crippen molar-refractivity contribution in [2.45, 2.75) is 0 Å². The van der Waals surface area contributed by atoms with Gasteiger partial charge in [0.25, 0.3) is 0 Å². The van der Waals surface area contributed by atoms with Crippen molar-refractivity contribution in [1.29, 1.82) is 0 Å². The van der Waals surface area contributed by atoms with Crippen molar-refractivity contribution in [2.24, 2.45) is 0 Å². The molecule has 0 aliphatic heterocycles. The van der Waals surface area contributed by atoms with E-state index in [0.717, 1.165) is 7.11 Å². The molecular weight excluding hydrogens is 224 g/mol. The van der Waals surface area contributed by atoms with Crippen molar-refractivity contribution in [2.75, 3.05) is 7.11 Å². The molecular formula is C7H8B2F2O5. The third kappa shape index (κ3) is 2.17. The number of rotatable bonds is 3. The lowest BCUT2D eigenvalue weighted by Crippen LogP contribution is -2.41. The van der Waals surface area contributed by atoms with Gasteiger partial charge in [-0.2, -0.15) is 4.39 Å². The average molecular weight is 232 g/mol. The zero-order valence-corrected chi connectivity index (χ0v) is 8.19. The van der Waals surface area contributed by atoms with E-state index in [0.29, 0.717) is 6.07 Å². The summed E-state index contributed by atoms with van der Waals surface area (Å²) in [5.74, 6) is -3.73. The number of halogens is 2. The van der Waals surface area contributed by atoms with Gasteiger partial charge in [-0.1, -0.05) is 6.07 Å². The average Bonchev–Trinajstić information content (AvgIpc) is 2.20. The number of methoxy groups -OCH3 is 1. The van der Waals surface area contributed by atoms with Crippen LogP contribution in [-0.2, 0) is 0 Å². The minimum atomic E-state index is -2.27. The summed E-state index contributed by atoms with van der Waals surface area (Å²) < 4.78 is 31.0. The fourth-order valence-corrected chi connectivity index (χ4v) is 1.24. The molecule has 0 heterocycles. The number of benzene rings is 1. The first-order chi connectivity index (χ1) is 7.40. The van der Waals surface area contributed by atoms with Gasteiger partial charge in [0.1, 0.15) is 0 Å². The highest BCUT2D eigenvalue weighted by Crippen LogP contribution is 2.16. The Bertz CT molecular complexity index is 399. The van der Waals surface area contributed by atoms with Gasteiger partial charge in [-0.25, -0.2) is 4.39 Å². The Morgan fingerprint density at radius 3 is 1.88 bits per heavy atom. The minimum absolute atomic E-state index is 0.496. The van der Waals surface area contributed by atoms with Gasteiger partial charge in [0.05, 0.1) is 7.11 Å². The molecule has 0 amide bonds. The second-order valence-electron chi connectivity index (χ2n) is 2.96. The molecule has 5 nitrogen and oxygen atoms in total. The molecule has 0 aliphatic carbocycles. The van der Waals surface area contributed by atoms with E-state index in [2.05, 4.69) is 4.74 Å². The van der Waals surface area contributed by atoms with E-state index in [1.807, 2.05) is 0 Å². The van der Waals surface area contributed by atoms with Crippen LogP contribution in [0.25, 0.3) is 0 Å². The predicted octanol–water partition coefficient (Wildman–Crippen LogP) is -2.67. The molecule has 0 fully saturated rings. The fourth-order valence-electron chi connectivity index (χ4n) is 1.24. The molecule has 86 valence electrons. The van der Waals surface area contributed by atoms with Crippen LogP contribution >= 0.6 is 0 Å². The Hall–Kier alpha value is -1.15. The molecule has 4 N–H and O–H groups in total. The maximum absolute atomic E-state index is 13.3. The lowest BCUT2D eigenvalue weighted by atomic mass is 9.72. The van der Waals surface area contributed by atoms with Crippen molar-refractivity contribution in [3.05, 3.63) is 17.7 Å². The molecule has 0 aromatic heterocycles. The summed E-state index contributed by atoms with van der Waals surface area (Å²) in [6.45, 7) is 0. The molecule has 16 heavy (non-hydrogen) atoms. The standard InChI is InChI=1S/C7H8B2F2O5/c1-16-7-4(9(14)15)2-3(8(12)13)5(10)6(7)11/h2,12-15H,1H3. The highest BCUT2D eigenvalue weighted by atomic mass is 19.2. The minimum Gasteiger partial charge on any atom is -0.494 e. The number of hydrogen-bond acceptors (Lipinski definition) is 5. The summed E-state index contributed by atoms with van der Waals surface area (Å²) >= 11 is 0. The molecule has 0 aliphatic rings. The van der Waals surface area contributed by atoms with E-state index < -0.39 is 42.5 Å². The van der Waals surface area contributed by atoms with Crippen LogP contribution in [-0.4, -0.2) is 41.4 Å². The fraction of sp³-hybridized carbons (Fsp3) is 0.143. The van der Waals surface area contributed by atoms with Crippen molar-refractivity contribution < 1.29 is 33.6 Å². The monoisotopic (exact) mass is 232 g/mol. The topological polar surface area (TPSA) is 90.2 Å². The molecule has 0 saturated carbocycles. The van der Waals surface area contributed by atoms with E-state index in [1.54, 1.807) is 0 Å². The molecule has 1 aromatic rings. The molecule has 0 spiro atoms. The van der Waals surface area contributed by atoms with E-state index >= 15 is 0 Å². The Balaban J connectivity index is 3.49. The summed E-state index contributed by atoms with van der Waals surface area (Å²) in [6.07, 6.45) is 0. The summed E-state index contributed by atoms with van der Waals surface area (Å²) in [5.41, 5.74) is -1.30. The van der Waals surface area contributed by atoms with Gasteiger partial charge in [-0.15, -0.1) is 0 Å². The second kappa shape index (κ2) is 4.79. The van der Waals surface area contributed by atoms with Crippen LogP contribution in [0.1, 0.15) is 0 Å². The van der Waals surface area contributed by atoms with Gasteiger partial charge in [-0.05, 0) is 0 Å².